The highest BCUT2D eigenvalue weighted by Crippen LogP contribution is 2.27. The van der Waals surface area contributed by atoms with Gasteiger partial charge in [0.05, 0.1) is 0 Å². The fourth-order valence-corrected chi connectivity index (χ4v) is 3.12. The van der Waals surface area contributed by atoms with Gasteiger partial charge < -0.3 is 9.84 Å². The van der Waals surface area contributed by atoms with E-state index in [0.29, 0.717) is 23.5 Å². The number of aliphatic hydroxyl groups excluding tert-OH is 1. The number of benzene rings is 2. The van der Waals surface area contributed by atoms with Crippen LogP contribution in [0.25, 0.3) is 0 Å². The van der Waals surface area contributed by atoms with Gasteiger partial charge >= 0.3 is 0 Å². The van der Waals surface area contributed by atoms with Gasteiger partial charge in [-0.15, -0.1) is 0 Å². The summed E-state index contributed by atoms with van der Waals surface area (Å²) in [7, 11) is 0. The number of ether oxygens (including phenoxy) is 1. The van der Waals surface area contributed by atoms with Crippen molar-refractivity contribution < 1.29 is 14.6 Å². The van der Waals surface area contributed by atoms with E-state index in [9.17, 15) is 9.90 Å². The van der Waals surface area contributed by atoms with Gasteiger partial charge in [0, 0.05) is 17.7 Å². The third-order valence-corrected chi connectivity index (χ3v) is 4.84. The lowest BCUT2D eigenvalue weighted by atomic mass is 9.99. The summed E-state index contributed by atoms with van der Waals surface area (Å²) in [5, 5.41) is 10.6. The molecule has 4 nitrogen and oxygen atoms in total. The van der Waals surface area contributed by atoms with Crippen LogP contribution in [0.2, 0.25) is 0 Å². The molecule has 0 radical (unpaired) electrons. The van der Waals surface area contributed by atoms with E-state index in [2.05, 4.69) is 18.7 Å². The van der Waals surface area contributed by atoms with E-state index in [1.807, 2.05) is 24.3 Å². The van der Waals surface area contributed by atoms with Crippen LogP contribution in [-0.2, 0) is 0 Å². The number of aliphatic hydroxyl groups is 1. The summed E-state index contributed by atoms with van der Waals surface area (Å²) in [5.41, 5.74) is 1.01. The normalized spacial score (nSPS) is 12.1. The van der Waals surface area contributed by atoms with E-state index in [4.69, 9.17) is 4.74 Å². The predicted molar refractivity (Wildman–Crippen MR) is 114 cm³/mol. The topological polar surface area (TPSA) is 49.8 Å². The van der Waals surface area contributed by atoms with Crippen LogP contribution in [0, 0.1) is 0 Å². The zero-order valence-electron chi connectivity index (χ0n) is 17.1. The fourth-order valence-electron chi connectivity index (χ4n) is 3.12. The van der Waals surface area contributed by atoms with Gasteiger partial charge in [0.1, 0.15) is 18.5 Å². The second-order valence-corrected chi connectivity index (χ2v) is 7.07. The third-order valence-electron chi connectivity index (χ3n) is 4.84. The highest BCUT2D eigenvalue weighted by molar-refractivity contribution is 6.00. The molecule has 2 aromatic rings. The molecule has 0 saturated heterocycles. The smallest absolute Gasteiger partial charge is 0.195 e. The van der Waals surface area contributed by atoms with Crippen molar-refractivity contribution in [3.05, 3.63) is 65.7 Å². The van der Waals surface area contributed by atoms with E-state index in [1.54, 1.807) is 30.3 Å². The van der Waals surface area contributed by atoms with Crippen molar-refractivity contribution in [2.45, 2.75) is 45.6 Å². The Morgan fingerprint density at radius 3 is 2.18 bits per heavy atom. The molecular weight excluding hydrogens is 350 g/mol. The Bertz CT molecular complexity index is 694. The summed E-state index contributed by atoms with van der Waals surface area (Å²) in [4.78, 5) is 15.0. The average molecular weight is 384 g/mol. The van der Waals surface area contributed by atoms with Crippen LogP contribution in [0.4, 0.5) is 0 Å². The SMILES string of the molecule is CCCCN(CCCC)CCOc1ccccc1C(O)C(=O)c1ccccc1. The molecule has 0 spiro atoms. The monoisotopic (exact) mass is 383 g/mol. The molecule has 0 bridgehead atoms. The zero-order valence-corrected chi connectivity index (χ0v) is 17.1. The minimum atomic E-state index is -1.23. The van der Waals surface area contributed by atoms with Crippen LogP contribution in [0.1, 0.15) is 61.6 Å². The Morgan fingerprint density at radius 2 is 1.54 bits per heavy atom. The molecule has 0 aliphatic rings. The molecule has 4 heteroatoms. The highest BCUT2D eigenvalue weighted by Gasteiger charge is 2.22. The summed E-state index contributed by atoms with van der Waals surface area (Å²) < 4.78 is 5.98. The Labute approximate surface area is 169 Å². The first kappa shape index (κ1) is 22.1. The van der Waals surface area contributed by atoms with E-state index in [1.165, 1.54) is 25.7 Å². The lowest BCUT2D eigenvalue weighted by Crippen LogP contribution is -2.30. The maximum Gasteiger partial charge on any atom is 0.195 e. The molecular formula is C24H33NO3. The number of rotatable bonds is 13. The van der Waals surface area contributed by atoms with Gasteiger partial charge in [0.2, 0.25) is 0 Å². The van der Waals surface area contributed by atoms with Crippen LogP contribution in [0.15, 0.2) is 54.6 Å². The van der Waals surface area contributed by atoms with Crippen molar-refractivity contribution in [2.24, 2.45) is 0 Å². The quantitative estimate of drug-likeness (QED) is 0.501. The van der Waals surface area contributed by atoms with Crippen molar-refractivity contribution in [1.29, 1.82) is 0 Å². The first-order valence-electron chi connectivity index (χ1n) is 10.4. The number of para-hydroxylation sites is 1. The third kappa shape index (κ3) is 6.77. The lowest BCUT2D eigenvalue weighted by molar-refractivity contribution is 0.0739. The number of hydrogen-bond donors (Lipinski definition) is 1. The molecule has 0 heterocycles. The second-order valence-electron chi connectivity index (χ2n) is 7.07. The molecule has 2 aromatic carbocycles. The molecule has 0 saturated carbocycles. The van der Waals surface area contributed by atoms with Gasteiger partial charge in [-0.05, 0) is 32.0 Å². The number of carbonyl (C=O) groups excluding carboxylic acids is 1. The minimum Gasteiger partial charge on any atom is -0.492 e. The van der Waals surface area contributed by atoms with E-state index >= 15 is 0 Å². The van der Waals surface area contributed by atoms with Crippen LogP contribution < -0.4 is 4.74 Å². The molecule has 2 rings (SSSR count). The van der Waals surface area contributed by atoms with E-state index in [-0.39, 0.29) is 5.78 Å². The van der Waals surface area contributed by atoms with Crippen molar-refractivity contribution >= 4 is 5.78 Å². The van der Waals surface area contributed by atoms with Gasteiger partial charge in [0.25, 0.3) is 0 Å². The van der Waals surface area contributed by atoms with E-state index < -0.39 is 6.10 Å². The van der Waals surface area contributed by atoms with Gasteiger partial charge in [0.15, 0.2) is 5.78 Å². The summed E-state index contributed by atoms with van der Waals surface area (Å²) in [6.45, 7) is 7.95. The molecule has 0 aliphatic heterocycles. The number of unbranched alkanes of at least 4 members (excludes halogenated alkanes) is 2. The van der Waals surface area contributed by atoms with Crippen LogP contribution in [0.5, 0.6) is 5.75 Å². The molecule has 1 atom stereocenters. The molecule has 0 aliphatic carbocycles. The van der Waals surface area contributed by atoms with Crippen LogP contribution >= 0.6 is 0 Å². The molecule has 152 valence electrons. The summed E-state index contributed by atoms with van der Waals surface area (Å²) in [6, 6.07) is 16.1. The molecule has 1 N–H and O–H groups in total. The van der Waals surface area contributed by atoms with Gasteiger partial charge in [-0.3, -0.25) is 9.69 Å². The van der Waals surface area contributed by atoms with Gasteiger partial charge in [-0.25, -0.2) is 0 Å². The molecule has 0 amide bonds. The number of nitrogens with zero attached hydrogens (tertiary/aromatic N) is 1. The van der Waals surface area contributed by atoms with Crippen LogP contribution in [0.3, 0.4) is 0 Å². The first-order valence-corrected chi connectivity index (χ1v) is 10.4. The first-order chi connectivity index (χ1) is 13.7. The Balaban J connectivity index is 2.00. The van der Waals surface area contributed by atoms with Crippen molar-refractivity contribution in [3.63, 3.8) is 0 Å². The maximum atomic E-state index is 12.6. The molecule has 28 heavy (non-hydrogen) atoms. The van der Waals surface area contributed by atoms with Crippen molar-refractivity contribution in [3.8, 4) is 5.75 Å². The Hall–Kier alpha value is -2.17. The molecule has 0 aromatic heterocycles. The van der Waals surface area contributed by atoms with Crippen LogP contribution in [-0.4, -0.2) is 42.0 Å². The standard InChI is InChI=1S/C24H33NO3/c1-3-5-16-25(17-6-4-2)18-19-28-22-15-11-10-14-21(22)24(27)23(26)20-12-8-7-9-13-20/h7-15,24,27H,3-6,16-19H2,1-2H3. The van der Waals surface area contributed by atoms with Gasteiger partial charge in [-0.2, -0.15) is 0 Å². The van der Waals surface area contributed by atoms with Crippen molar-refractivity contribution in [1.82, 2.24) is 4.90 Å². The van der Waals surface area contributed by atoms with E-state index in [0.717, 1.165) is 19.6 Å². The number of hydrogen-bond acceptors (Lipinski definition) is 4. The Morgan fingerprint density at radius 1 is 0.929 bits per heavy atom. The summed E-state index contributed by atoms with van der Waals surface area (Å²) >= 11 is 0. The Kier molecular flexibility index (Phi) is 9.73. The zero-order chi connectivity index (χ0) is 20.2. The summed E-state index contributed by atoms with van der Waals surface area (Å²) in [5.74, 6) is 0.259. The maximum absolute atomic E-state index is 12.6. The fraction of sp³-hybridized carbons (Fsp3) is 0.458. The largest absolute Gasteiger partial charge is 0.492 e. The average Bonchev–Trinajstić information content (AvgIpc) is 2.75. The molecule has 0 fully saturated rings. The number of carbonyl (C=O) groups is 1. The summed E-state index contributed by atoms with van der Waals surface area (Å²) in [6.07, 6.45) is 3.50. The lowest BCUT2D eigenvalue weighted by Gasteiger charge is -2.22. The van der Waals surface area contributed by atoms with Gasteiger partial charge in [-0.1, -0.05) is 75.2 Å². The number of Topliss-reactive ketones (excluding diaryl/α,β-unsaturated/α-hetero) is 1. The molecule has 1 unspecified atom stereocenters. The second kappa shape index (κ2) is 12.3. The predicted octanol–water partition coefficient (Wildman–Crippen LogP) is 4.88. The highest BCUT2D eigenvalue weighted by atomic mass is 16.5. The minimum absolute atomic E-state index is 0.316. The number of ketones is 1. The van der Waals surface area contributed by atoms with Crippen molar-refractivity contribution in [2.75, 3.05) is 26.2 Å².